The lowest BCUT2D eigenvalue weighted by molar-refractivity contribution is -0.0212. The Morgan fingerprint density at radius 2 is 1.56 bits per heavy atom. The van der Waals surface area contributed by atoms with Crippen LogP contribution in [0.4, 0.5) is 5.13 Å². The number of rotatable bonds is 12. The van der Waals surface area contributed by atoms with E-state index in [0.29, 0.717) is 5.56 Å². The van der Waals surface area contributed by atoms with Crippen LogP contribution in [0, 0.1) is 11.3 Å². The summed E-state index contributed by atoms with van der Waals surface area (Å²) in [5, 5.41) is 38.3. The van der Waals surface area contributed by atoms with Crippen molar-refractivity contribution in [2.45, 2.75) is 37.1 Å². The highest BCUT2D eigenvalue weighted by atomic mass is 32.2. The van der Waals surface area contributed by atoms with E-state index in [4.69, 9.17) is 0 Å². The van der Waals surface area contributed by atoms with Gasteiger partial charge in [-0.15, -0.1) is 11.3 Å². The fourth-order valence-electron chi connectivity index (χ4n) is 3.70. The Kier molecular flexibility index (Phi) is 10.1. The Hall–Kier alpha value is -3.83. The molecule has 4 N–H and O–H groups in total. The third kappa shape index (κ3) is 8.08. The van der Waals surface area contributed by atoms with Crippen molar-refractivity contribution in [1.82, 2.24) is 15.6 Å². The van der Waals surface area contributed by atoms with Crippen LogP contribution in [-0.4, -0.2) is 73.0 Å². The molecule has 0 aliphatic heterocycles. The summed E-state index contributed by atoms with van der Waals surface area (Å²) in [5.74, 6) is -1.23. The highest BCUT2D eigenvalue weighted by Gasteiger charge is 2.35. The van der Waals surface area contributed by atoms with Gasteiger partial charge in [-0.3, -0.25) is 9.59 Å². The van der Waals surface area contributed by atoms with Gasteiger partial charge >= 0.3 is 0 Å². The number of nitrogens with one attached hydrogen (secondary N) is 2. The van der Waals surface area contributed by atoms with Crippen LogP contribution in [0.15, 0.2) is 66.0 Å². The summed E-state index contributed by atoms with van der Waals surface area (Å²) >= 11 is 0.954. The zero-order chi connectivity index (χ0) is 28.6. The molecule has 0 unspecified atom stereocenters. The van der Waals surface area contributed by atoms with Gasteiger partial charge in [-0.1, -0.05) is 48.5 Å². The molecule has 0 aliphatic rings. The predicted molar refractivity (Wildman–Crippen MR) is 147 cm³/mol. The lowest BCUT2D eigenvalue weighted by Gasteiger charge is -2.32. The number of aliphatic hydroxyl groups excluding tert-OH is 2. The van der Waals surface area contributed by atoms with Gasteiger partial charge in [0.25, 0.3) is 11.8 Å². The van der Waals surface area contributed by atoms with E-state index in [2.05, 4.69) is 15.6 Å². The third-order valence-electron chi connectivity index (χ3n) is 5.94. The molecular formula is C26H29N5O6S2. The van der Waals surface area contributed by atoms with E-state index >= 15 is 0 Å². The molecular weight excluding hydrogens is 542 g/mol. The molecule has 0 radical (unpaired) electrons. The van der Waals surface area contributed by atoms with Gasteiger partial charge in [0.2, 0.25) is 10.0 Å². The number of hydrogen-bond acceptors (Lipinski definition) is 9. The van der Waals surface area contributed by atoms with Crippen molar-refractivity contribution in [1.29, 1.82) is 5.26 Å². The normalized spacial score (nSPS) is 14.3. The molecule has 11 nitrogen and oxygen atoms in total. The molecule has 0 saturated carbocycles. The Morgan fingerprint density at radius 1 is 1.00 bits per heavy atom. The number of nitriles is 1. The van der Waals surface area contributed by atoms with Crippen LogP contribution in [0.5, 0.6) is 0 Å². The minimum atomic E-state index is -3.59. The molecule has 0 saturated heterocycles. The van der Waals surface area contributed by atoms with Crippen molar-refractivity contribution in [3.05, 3.63) is 82.9 Å². The van der Waals surface area contributed by atoms with E-state index in [9.17, 15) is 33.5 Å². The van der Waals surface area contributed by atoms with E-state index in [-0.39, 0.29) is 23.7 Å². The van der Waals surface area contributed by atoms with E-state index in [1.165, 1.54) is 12.4 Å². The maximum atomic E-state index is 13.1. The van der Waals surface area contributed by atoms with Crippen LogP contribution in [0.1, 0.15) is 32.8 Å². The maximum absolute atomic E-state index is 13.1. The monoisotopic (exact) mass is 571 g/mol. The van der Waals surface area contributed by atoms with Crippen molar-refractivity contribution >= 4 is 38.3 Å². The molecule has 3 rings (SSSR count). The molecule has 4 atom stereocenters. The van der Waals surface area contributed by atoms with Crippen molar-refractivity contribution in [2.24, 2.45) is 0 Å². The van der Waals surface area contributed by atoms with Crippen LogP contribution < -0.4 is 14.9 Å². The van der Waals surface area contributed by atoms with E-state index < -0.39 is 46.1 Å². The van der Waals surface area contributed by atoms with Crippen molar-refractivity contribution in [3.8, 4) is 6.07 Å². The SMILES string of the molecule is CN(c1nc(C(=O)N[C@@H](Cc2ccccc2)[C@@H](O)[C@H](O)[C@@H](CC#N)NC(=O)c2ccccc2)cs1)S(C)(=O)=O. The van der Waals surface area contributed by atoms with E-state index in [0.717, 1.165) is 27.5 Å². The van der Waals surface area contributed by atoms with Gasteiger partial charge in [-0.05, 0) is 24.1 Å². The summed E-state index contributed by atoms with van der Waals surface area (Å²) in [4.78, 5) is 29.8. The molecule has 0 bridgehead atoms. The fraction of sp³-hybridized carbons (Fsp3) is 0.308. The Bertz CT molecular complexity index is 1410. The second-order valence-electron chi connectivity index (χ2n) is 8.80. The van der Waals surface area contributed by atoms with E-state index in [1.54, 1.807) is 60.7 Å². The van der Waals surface area contributed by atoms with Crippen LogP contribution in [0.3, 0.4) is 0 Å². The quantitative estimate of drug-likeness (QED) is 0.252. The molecule has 2 aromatic carbocycles. The van der Waals surface area contributed by atoms with Crippen LogP contribution in [-0.2, 0) is 16.4 Å². The molecule has 1 heterocycles. The van der Waals surface area contributed by atoms with Crippen molar-refractivity contribution < 1.29 is 28.2 Å². The number of aliphatic hydroxyl groups is 2. The molecule has 0 aliphatic carbocycles. The number of benzene rings is 2. The number of thiazole rings is 1. The number of nitrogens with zero attached hydrogens (tertiary/aromatic N) is 3. The molecule has 2 amide bonds. The van der Waals surface area contributed by atoms with Crippen LogP contribution >= 0.6 is 11.3 Å². The number of sulfonamides is 1. The Balaban J connectivity index is 1.83. The first-order valence-electron chi connectivity index (χ1n) is 11.8. The summed E-state index contributed by atoms with van der Waals surface area (Å²) in [5.41, 5.74) is 0.987. The maximum Gasteiger partial charge on any atom is 0.271 e. The number of anilines is 1. The summed E-state index contributed by atoms with van der Waals surface area (Å²) in [6.45, 7) is 0. The third-order valence-corrected chi connectivity index (χ3v) is 8.15. The Labute approximate surface area is 230 Å². The second-order valence-corrected chi connectivity index (χ2v) is 11.7. The lowest BCUT2D eigenvalue weighted by Crippen LogP contribution is -2.56. The zero-order valence-corrected chi connectivity index (χ0v) is 22.9. The Morgan fingerprint density at radius 3 is 2.15 bits per heavy atom. The number of carbonyl (C=O) groups excluding carboxylic acids is 2. The highest BCUT2D eigenvalue weighted by Crippen LogP contribution is 2.22. The summed E-state index contributed by atoms with van der Waals surface area (Å²) in [6.07, 6.45) is -2.39. The van der Waals surface area contributed by atoms with Crippen molar-refractivity contribution in [2.75, 3.05) is 17.6 Å². The molecule has 0 fully saturated rings. The van der Waals surface area contributed by atoms with Gasteiger partial charge in [0.1, 0.15) is 17.9 Å². The molecule has 3 aromatic rings. The predicted octanol–water partition coefficient (Wildman–Crippen LogP) is 1.31. The smallest absolute Gasteiger partial charge is 0.271 e. The number of hydrogen-bond donors (Lipinski definition) is 4. The molecule has 1 aromatic heterocycles. The van der Waals surface area contributed by atoms with Gasteiger partial charge in [-0.2, -0.15) is 5.26 Å². The minimum Gasteiger partial charge on any atom is -0.388 e. The molecule has 13 heteroatoms. The molecule has 206 valence electrons. The first kappa shape index (κ1) is 29.7. The average Bonchev–Trinajstić information content (AvgIpc) is 3.42. The van der Waals surface area contributed by atoms with Gasteiger partial charge < -0.3 is 20.8 Å². The number of amides is 2. The number of aromatic nitrogens is 1. The molecule has 0 spiro atoms. The average molecular weight is 572 g/mol. The molecule has 39 heavy (non-hydrogen) atoms. The largest absolute Gasteiger partial charge is 0.388 e. The van der Waals surface area contributed by atoms with Gasteiger partial charge in [0, 0.05) is 18.0 Å². The van der Waals surface area contributed by atoms with Gasteiger partial charge in [-0.25, -0.2) is 17.7 Å². The first-order valence-corrected chi connectivity index (χ1v) is 14.6. The fourth-order valence-corrected chi connectivity index (χ4v) is 5.23. The second kappa shape index (κ2) is 13.3. The minimum absolute atomic E-state index is 0.0730. The van der Waals surface area contributed by atoms with E-state index in [1.807, 2.05) is 6.07 Å². The lowest BCUT2D eigenvalue weighted by atomic mass is 9.92. The first-order chi connectivity index (χ1) is 18.5. The summed E-state index contributed by atoms with van der Waals surface area (Å²) < 4.78 is 24.6. The summed E-state index contributed by atoms with van der Waals surface area (Å²) in [7, 11) is -2.27. The zero-order valence-electron chi connectivity index (χ0n) is 21.3. The van der Waals surface area contributed by atoms with Crippen LogP contribution in [0.2, 0.25) is 0 Å². The summed E-state index contributed by atoms with van der Waals surface area (Å²) in [6, 6.07) is 16.9. The van der Waals surface area contributed by atoms with Crippen LogP contribution in [0.25, 0.3) is 0 Å². The van der Waals surface area contributed by atoms with Gasteiger partial charge in [0.05, 0.1) is 30.8 Å². The standard InChI is InChI=1S/C26H29N5O6S2/c1-31(39(2,36)37)26-30-21(16-38-26)25(35)29-20(15-17-9-5-3-6-10-17)23(33)22(32)19(13-14-27)28-24(34)18-11-7-4-8-12-18/h3-12,16,19-20,22-23,32-33H,13,15H2,1-2H3,(H,28,34)(H,29,35)/t19-,20+,22-,23-/m1/s1. The van der Waals surface area contributed by atoms with Crippen molar-refractivity contribution in [3.63, 3.8) is 0 Å². The topological polar surface area (TPSA) is 173 Å². The van der Waals surface area contributed by atoms with Gasteiger partial charge in [0.15, 0.2) is 5.13 Å². The highest BCUT2D eigenvalue weighted by molar-refractivity contribution is 7.92. The number of carbonyl (C=O) groups is 2.